The maximum absolute atomic E-state index is 12.8. The van der Waals surface area contributed by atoms with Crippen LogP contribution in [-0.4, -0.2) is 20.4 Å². The van der Waals surface area contributed by atoms with E-state index in [0.717, 1.165) is 18.5 Å². The van der Waals surface area contributed by atoms with Crippen LogP contribution < -0.4 is 16.2 Å². The minimum atomic E-state index is -4.53. The van der Waals surface area contributed by atoms with Gasteiger partial charge in [0.1, 0.15) is 6.33 Å². The Morgan fingerprint density at radius 1 is 1.12 bits per heavy atom. The molecule has 0 atom stereocenters. The first kappa shape index (κ1) is 19.4. The molecule has 0 saturated carbocycles. The fourth-order valence-electron chi connectivity index (χ4n) is 1.89. The number of nitro groups is 1. The van der Waals surface area contributed by atoms with Crippen LogP contribution in [0.4, 0.5) is 36.2 Å². The highest BCUT2D eigenvalue weighted by Gasteiger charge is 2.31. The van der Waals surface area contributed by atoms with Gasteiger partial charge in [0.25, 0.3) is 0 Å². The third-order valence-corrected chi connectivity index (χ3v) is 3.01. The van der Waals surface area contributed by atoms with Gasteiger partial charge in [-0.2, -0.15) is 13.2 Å². The summed E-state index contributed by atoms with van der Waals surface area (Å²) in [5.41, 5.74) is 3.69. The fraction of sp³-hybridized carbons (Fsp3) is 0.333. The molecule has 11 heteroatoms. The van der Waals surface area contributed by atoms with Gasteiger partial charge in [-0.3, -0.25) is 15.5 Å². The Balaban J connectivity index is 2.36. The van der Waals surface area contributed by atoms with E-state index in [1.54, 1.807) is 0 Å². The summed E-state index contributed by atoms with van der Waals surface area (Å²) >= 11 is 0. The number of alkyl halides is 3. The van der Waals surface area contributed by atoms with Crippen molar-refractivity contribution in [2.75, 3.05) is 10.7 Å². The molecule has 26 heavy (non-hydrogen) atoms. The predicted molar refractivity (Wildman–Crippen MR) is 89.9 cm³/mol. The molecule has 0 amide bonds. The SMILES string of the molecule is CC(C)(C)NNc1ncnc(Nc2cccc(C(F)(F)F)c2)c1[N+](=O)[O-]. The highest BCUT2D eigenvalue weighted by Crippen LogP contribution is 2.34. The molecule has 0 aliphatic rings. The van der Waals surface area contributed by atoms with Crippen molar-refractivity contribution in [3.05, 3.63) is 46.3 Å². The van der Waals surface area contributed by atoms with Crippen LogP contribution in [0.3, 0.4) is 0 Å². The number of halogens is 3. The van der Waals surface area contributed by atoms with Crippen molar-refractivity contribution in [3.8, 4) is 0 Å². The van der Waals surface area contributed by atoms with Crippen molar-refractivity contribution in [2.24, 2.45) is 0 Å². The quantitative estimate of drug-likeness (QED) is 0.542. The average Bonchev–Trinajstić information content (AvgIpc) is 2.51. The van der Waals surface area contributed by atoms with Gasteiger partial charge in [0.15, 0.2) is 0 Å². The number of benzene rings is 1. The molecule has 0 unspecified atom stereocenters. The molecule has 0 fully saturated rings. The first-order valence-corrected chi connectivity index (χ1v) is 7.44. The number of hydrogen-bond acceptors (Lipinski definition) is 7. The number of hydrazine groups is 1. The number of nitrogens with one attached hydrogen (secondary N) is 3. The third-order valence-electron chi connectivity index (χ3n) is 3.01. The zero-order chi connectivity index (χ0) is 19.5. The van der Waals surface area contributed by atoms with E-state index in [1.807, 2.05) is 20.8 Å². The van der Waals surface area contributed by atoms with Crippen molar-refractivity contribution in [1.29, 1.82) is 0 Å². The van der Waals surface area contributed by atoms with E-state index in [4.69, 9.17) is 0 Å². The monoisotopic (exact) mass is 370 g/mol. The molecule has 140 valence electrons. The topological polar surface area (TPSA) is 105 Å². The third kappa shape index (κ3) is 5.02. The Bertz CT molecular complexity index is 805. The van der Waals surface area contributed by atoms with Gasteiger partial charge in [0.05, 0.1) is 10.5 Å². The van der Waals surface area contributed by atoms with Crippen molar-refractivity contribution < 1.29 is 18.1 Å². The standard InChI is InChI=1S/C15H17F3N6O2/c1-14(2,3)23-22-13-11(24(25)26)12(19-8-20-13)21-10-6-4-5-9(7-10)15(16,17)18/h4-8,23H,1-3H3,(H2,19,20,21,22). The van der Waals surface area contributed by atoms with E-state index in [-0.39, 0.29) is 17.3 Å². The molecule has 0 aliphatic heterocycles. The Kier molecular flexibility index (Phi) is 5.30. The lowest BCUT2D eigenvalue weighted by Gasteiger charge is -2.21. The van der Waals surface area contributed by atoms with Gasteiger partial charge in [-0.25, -0.2) is 15.4 Å². The van der Waals surface area contributed by atoms with Crippen molar-refractivity contribution in [3.63, 3.8) is 0 Å². The van der Waals surface area contributed by atoms with Crippen LogP contribution in [0, 0.1) is 10.1 Å². The largest absolute Gasteiger partial charge is 0.416 e. The van der Waals surface area contributed by atoms with Crippen LogP contribution in [-0.2, 0) is 6.18 Å². The van der Waals surface area contributed by atoms with Crippen LogP contribution in [0.5, 0.6) is 0 Å². The lowest BCUT2D eigenvalue weighted by Crippen LogP contribution is -2.40. The molecular formula is C15H17F3N6O2. The van der Waals surface area contributed by atoms with Crippen molar-refractivity contribution in [2.45, 2.75) is 32.5 Å². The Morgan fingerprint density at radius 2 is 1.77 bits per heavy atom. The maximum Gasteiger partial charge on any atom is 0.416 e. The smallest absolute Gasteiger partial charge is 0.334 e. The number of nitrogens with zero attached hydrogens (tertiary/aromatic N) is 3. The summed E-state index contributed by atoms with van der Waals surface area (Å²) in [6.45, 7) is 5.48. The minimum Gasteiger partial charge on any atom is -0.334 e. The summed E-state index contributed by atoms with van der Waals surface area (Å²) in [6, 6.07) is 4.28. The van der Waals surface area contributed by atoms with E-state index in [2.05, 4.69) is 26.1 Å². The lowest BCUT2D eigenvalue weighted by molar-refractivity contribution is -0.383. The van der Waals surface area contributed by atoms with Crippen LogP contribution in [0.15, 0.2) is 30.6 Å². The fourth-order valence-corrected chi connectivity index (χ4v) is 1.89. The highest BCUT2D eigenvalue weighted by molar-refractivity contribution is 5.73. The molecule has 0 bridgehead atoms. The summed E-state index contributed by atoms with van der Waals surface area (Å²) in [5.74, 6) is -0.350. The minimum absolute atomic E-state index is 0.0105. The Labute approximate surface area is 147 Å². The first-order valence-electron chi connectivity index (χ1n) is 7.44. The second kappa shape index (κ2) is 7.12. The van der Waals surface area contributed by atoms with Gasteiger partial charge >= 0.3 is 11.9 Å². The summed E-state index contributed by atoms with van der Waals surface area (Å²) in [4.78, 5) is 18.3. The van der Waals surface area contributed by atoms with Crippen LogP contribution >= 0.6 is 0 Å². The summed E-state index contributed by atoms with van der Waals surface area (Å²) in [5, 5.41) is 14.0. The average molecular weight is 370 g/mol. The van der Waals surface area contributed by atoms with Crippen LogP contribution in [0.2, 0.25) is 0 Å². The van der Waals surface area contributed by atoms with Gasteiger partial charge in [-0.15, -0.1) is 0 Å². The van der Waals surface area contributed by atoms with Crippen LogP contribution in [0.1, 0.15) is 26.3 Å². The van der Waals surface area contributed by atoms with Crippen molar-refractivity contribution in [1.82, 2.24) is 15.4 Å². The van der Waals surface area contributed by atoms with E-state index >= 15 is 0 Å². The maximum atomic E-state index is 12.8. The van der Waals surface area contributed by atoms with Gasteiger partial charge in [0.2, 0.25) is 11.6 Å². The predicted octanol–water partition coefficient (Wildman–Crippen LogP) is 3.86. The molecule has 2 rings (SSSR count). The van der Waals surface area contributed by atoms with Gasteiger partial charge in [-0.05, 0) is 39.0 Å². The van der Waals surface area contributed by atoms with E-state index in [0.29, 0.717) is 0 Å². The highest BCUT2D eigenvalue weighted by atomic mass is 19.4. The number of aromatic nitrogens is 2. The summed E-state index contributed by atoms with van der Waals surface area (Å²) in [7, 11) is 0. The second-order valence-electron chi connectivity index (χ2n) is 6.38. The molecule has 0 saturated heterocycles. The normalized spacial score (nSPS) is 11.9. The van der Waals surface area contributed by atoms with E-state index in [9.17, 15) is 23.3 Å². The lowest BCUT2D eigenvalue weighted by atomic mass is 10.1. The Hall–Kier alpha value is -2.95. The molecule has 3 N–H and O–H groups in total. The molecule has 8 nitrogen and oxygen atoms in total. The van der Waals surface area contributed by atoms with Crippen LogP contribution in [0.25, 0.3) is 0 Å². The zero-order valence-corrected chi connectivity index (χ0v) is 14.2. The molecular weight excluding hydrogens is 353 g/mol. The van der Waals surface area contributed by atoms with Gasteiger partial charge in [0, 0.05) is 11.2 Å². The molecule has 1 aromatic heterocycles. The van der Waals surface area contributed by atoms with Gasteiger partial charge in [-0.1, -0.05) is 6.07 Å². The molecule has 1 heterocycles. The summed E-state index contributed by atoms with van der Waals surface area (Å²) in [6.07, 6.45) is -3.46. The number of rotatable bonds is 5. The molecule has 0 aliphatic carbocycles. The number of hydrogen-bond donors (Lipinski definition) is 3. The van der Waals surface area contributed by atoms with Gasteiger partial charge < -0.3 is 5.32 Å². The summed E-state index contributed by atoms with van der Waals surface area (Å²) < 4.78 is 38.4. The zero-order valence-electron chi connectivity index (χ0n) is 14.2. The van der Waals surface area contributed by atoms with Crippen molar-refractivity contribution >= 4 is 23.0 Å². The van der Waals surface area contributed by atoms with E-state index in [1.165, 1.54) is 12.1 Å². The molecule has 0 radical (unpaired) electrons. The second-order valence-corrected chi connectivity index (χ2v) is 6.38. The molecule has 2 aromatic rings. The molecule has 1 aromatic carbocycles. The number of anilines is 3. The van der Waals surface area contributed by atoms with E-state index < -0.39 is 27.9 Å². The first-order chi connectivity index (χ1) is 12.0. The molecule has 0 spiro atoms. The Morgan fingerprint density at radius 3 is 2.35 bits per heavy atom.